The second-order valence-electron chi connectivity index (χ2n) is 5.40. The molecule has 1 aromatic heterocycles. The van der Waals surface area contributed by atoms with Gasteiger partial charge in [0, 0.05) is 10.2 Å². The number of hydrogen-bond acceptors (Lipinski definition) is 3. The smallest absolute Gasteiger partial charge is 0.261 e. The van der Waals surface area contributed by atoms with Crippen molar-refractivity contribution in [3.63, 3.8) is 0 Å². The molecule has 0 aliphatic heterocycles. The lowest BCUT2D eigenvalue weighted by Gasteiger charge is -2.18. The molecule has 0 saturated carbocycles. The fourth-order valence-electron chi connectivity index (χ4n) is 2.61. The number of anilines is 1. The summed E-state index contributed by atoms with van der Waals surface area (Å²) >= 11 is 3.37. The van der Waals surface area contributed by atoms with Gasteiger partial charge in [0.15, 0.2) is 0 Å². The largest absolute Gasteiger partial charge is 0.324 e. The first-order valence-electron chi connectivity index (χ1n) is 7.62. The van der Waals surface area contributed by atoms with Gasteiger partial charge in [0.2, 0.25) is 5.91 Å². The summed E-state index contributed by atoms with van der Waals surface area (Å²) in [5.41, 5.74) is 1.09. The van der Waals surface area contributed by atoms with Gasteiger partial charge in [-0.1, -0.05) is 41.1 Å². The minimum atomic E-state index is -0.617. The Balaban J connectivity index is 1.95. The minimum Gasteiger partial charge on any atom is -0.324 e. The Hall–Kier alpha value is -2.47. The predicted octanol–water partition coefficient (Wildman–Crippen LogP) is 3.75. The normalized spacial score (nSPS) is 12.1. The van der Waals surface area contributed by atoms with Gasteiger partial charge < -0.3 is 5.32 Å². The number of aromatic nitrogens is 2. The van der Waals surface area contributed by atoms with Crippen molar-refractivity contribution in [1.82, 2.24) is 9.55 Å². The summed E-state index contributed by atoms with van der Waals surface area (Å²) in [5, 5.41) is 3.36. The van der Waals surface area contributed by atoms with Crippen LogP contribution in [-0.2, 0) is 4.79 Å². The quantitative estimate of drug-likeness (QED) is 0.743. The average molecular weight is 386 g/mol. The number of para-hydroxylation sites is 1. The summed E-state index contributed by atoms with van der Waals surface area (Å²) in [7, 11) is 0. The third kappa shape index (κ3) is 3.23. The topological polar surface area (TPSA) is 64.0 Å². The molecular weight excluding hydrogens is 370 g/mol. The molecule has 122 valence electrons. The molecule has 0 radical (unpaired) electrons. The number of carbonyl (C=O) groups excluding carboxylic acids is 1. The molecule has 1 atom stereocenters. The average Bonchev–Trinajstić information content (AvgIpc) is 2.58. The molecular formula is C18H16BrN3O2. The molecule has 1 heterocycles. The number of halogens is 1. The molecule has 1 unspecified atom stereocenters. The molecule has 5 nitrogen and oxygen atoms in total. The zero-order valence-electron chi connectivity index (χ0n) is 13.1. The van der Waals surface area contributed by atoms with E-state index >= 15 is 0 Å². The summed E-state index contributed by atoms with van der Waals surface area (Å²) in [6.45, 7) is 1.87. The van der Waals surface area contributed by atoms with Crippen molar-refractivity contribution in [1.29, 1.82) is 0 Å². The number of hydrogen-bond donors (Lipinski definition) is 1. The highest BCUT2D eigenvalue weighted by Gasteiger charge is 2.21. The van der Waals surface area contributed by atoms with Gasteiger partial charge >= 0.3 is 0 Å². The third-order valence-corrected chi connectivity index (χ3v) is 4.30. The highest BCUT2D eigenvalue weighted by atomic mass is 79.9. The number of rotatable bonds is 4. The molecule has 0 spiro atoms. The predicted molar refractivity (Wildman–Crippen MR) is 98.1 cm³/mol. The van der Waals surface area contributed by atoms with E-state index in [-0.39, 0.29) is 11.5 Å². The molecule has 2 aromatic carbocycles. The first-order valence-corrected chi connectivity index (χ1v) is 8.41. The maximum atomic E-state index is 12.7. The third-order valence-electron chi connectivity index (χ3n) is 3.81. The van der Waals surface area contributed by atoms with Gasteiger partial charge in [0.05, 0.1) is 17.2 Å². The lowest BCUT2D eigenvalue weighted by Crippen LogP contribution is -2.33. The molecule has 0 aliphatic carbocycles. The van der Waals surface area contributed by atoms with E-state index in [4.69, 9.17) is 0 Å². The molecule has 0 bridgehead atoms. The van der Waals surface area contributed by atoms with Crippen LogP contribution in [0.25, 0.3) is 10.9 Å². The van der Waals surface area contributed by atoms with Crippen LogP contribution >= 0.6 is 15.9 Å². The van der Waals surface area contributed by atoms with Crippen LogP contribution in [0.2, 0.25) is 0 Å². The maximum Gasteiger partial charge on any atom is 0.261 e. The van der Waals surface area contributed by atoms with E-state index in [1.807, 2.05) is 31.2 Å². The summed E-state index contributed by atoms with van der Waals surface area (Å²) in [4.78, 5) is 29.6. The molecule has 24 heavy (non-hydrogen) atoms. The SMILES string of the molecule is CCC(C(=O)Nc1cccc(Br)c1)n1cnc2ccccc2c1=O. The van der Waals surface area contributed by atoms with Gasteiger partial charge in [0.25, 0.3) is 5.56 Å². The van der Waals surface area contributed by atoms with Crippen molar-refractivity contribution < 1.29 is 4.79 Å². The van der Waals surface area contributed by atoms with Crippen LogP contribution in [0.3, 0.4) is 0 Å². The highest BCUT2D eigenvalue weighted by molar-refractivity contribution is 9.10. The van der Waals surface area contributed by atoms with Crippen LogP contribution in [0.5, 0.6) is 0 Å². The fourth-order valence-corrected chi connectivity index (χ4v) is 3.00. The molecule has 0 aliphatic rings. The van der Waals surface area contributed by atoms with Crippen molar-refractivity contribution in [3.8, 4) is 0 Å². The summed E-state index contributed by atoms with van der Waals surface area (Å²) in [5.74, 6) is -0.241. The van der Waals surface area contributed by atoms with E-state index in [0.29, 0.717) is 23.0 Å². The van der Waals surface area contributed by atoms with E-state index in [1.165, 1.54) is 10.9 Å². The number of nitrogens with one attached hydrogen (secondary N) is 1. The molecule has 3 aromatic rings. The number of carbonyl (C=O) groups is 1. The minimum absolute atomic E-state index is 0.211. The molecule has 6 heteroatoms. The monoisotopic (exact) mass is 385 g/mol. The Bertz CT molecular complexity index is 952. The van der Waals surface area contributed by atoms with E-state index in [1.54, 1.807) is 24.3 Å². The summed E-state index contributed by atoms with van der Waals surface area (Å²) in [6, 6.07) is 13.8. The standard InChI is InChI=1S/C18H16BrN3O2/c1-2-16(17(23)21-13-7-5-6-12(19)10-13)22-11-20-15-9-4-3-8-14(15)18(22)24/h3-11,16H,2H2,1H3,(H,21,23). The van der Waals surface area contributed by atoms with Crippen LogP contribution in [0.4, 0.5) is 5.69 Å². The lowest BCUT2D eigenvalue weighted by molar-refractivity contribution is -0.119. The molecule has 3 rings (SSSR count). The van der Waals surface area contributed by atoms with Crippen LogP contribution in [-0.4, -0.2) is 15.5 Å². The van der Waals surface area contributed by atoms with E-state index in [0.717, 1.165) is 4.47 Å². The van der Waals surface area contributed by atoms with Crippen LogP contribution in [0.15, 0.2) is 64.1 Å². The van der Waals surface area contributed by atoms with Crippen LogP contribution < -0.4 is 10.9 Å². The van der Waals surface area contributed by atoms with Gasteiger partial charge in [0.1, 0.15) is 6.04 Å². The Morgan fingerprint density at radius 3 is 2.79 bits per heavy atom. The van der Waals surface area contributed by atoms with Crippen LogP contribution in [0, 0.1) is 0 Å². The highest BCUT2D eigenvalue weighted by Crippen LogP contribution is 2.18. The Morgan fingerprint density at radius 2 is 2.04 bits per heavy atom. The van der Waals surface area contributed by atoms with Crippen molar-refractivity contribution in [3.05, 3.63) is 69.7 Å². The Morgan fingerprint density at radius 1 is 1.25 bits per heavy atom. The summed E-state index contributed by atoms with van der Waals surface area (Å²) < 4.78 is 2.27. The zero-order valence-corrected chi connectivity index (χ0v) is 14.7. The second kappa shape index (κ2) is 6.97. The van der Waals surface area contributed by atoms with Gasteiger partial charge in [-0.2, -0.15) is 0 Å². The van der Waals surface area contributed by atoms with Crippen LogP contribution in [0.1, 0.15) is 19.4 Å². The number of nitrogens with zero attached hydrogens (tertiary/aromatic N) is 2. The number of fused-ring (bicyclic) bond motifs is 1. The number of amides is 1. The van der Waals surface area contributed by atoms with Crippen molar-refractivity contribution in [2.45, 2.75) is 19.4 Å². The molecule has 1 N–H and O–H groups in total. The lowest BCUT2D eigenvalue weighted by atomic mass is 10.1. The van der Waals surface area contributed by atoms with Crippen molar-refractivity contribution in [2.75, 3.05) is 5.32 Å². The first kappa shape index (κ1) is 16.4. The van der Waals surface area contributed by atoms with Gasteiger partial charge in [-0.25, -0.2) is 4.98 Å². The fraction of sp³-hybridized carbons (Fsp3) is 0.167. The molecule has 1 amide bonds. The van der Waals surface area contributed by atoms with Crippen molar-refractivity contribution >= 4 is 38.4 Å². The summed E-state index contributed by atoms with van der Waals surface area (Å²) in [6.07, 6.45) is 1.93. The zero-order chi connectivity index (χ0) is 17.1. The van der Waals surface area contributed by atoms with E-state index < -0.39 is 6.04 Å². The Labute approximate surface area is 147 Å². The van der Waals surface area contributed by atoms with Gasteiger partial charge in [-0.3, -0.25) is 14.2 Å². The van der Waals surface area contributed by atoms with Gasteiger partial charge in [-0.15, -0.1) is 0 Å². The van der Waals surface area contributed by atoms with E-state index in [9.17, 15) is 9.59 Å². The number of benzene rings is 2. The maximum absolute atomic E-state index is 12.7. The van der Waals surface area contributed by atoms with Gasteiger partial charge in [-0.05, 0) is 36.8 Å². The molecule has 0 fully saturated rings. The first-order chi connectivity index (χ1) is 11.6. The second-order valence-corrected chi connectivity index (χ2v) is 6.31. The van der Waals surface area contributed by atoms with Crippen molar-refractivity contribution in [2.24, 2.45) is 0 Å². The van der Waals surface area contributed by atoms with E-state index in [2.05, 4.69) is 26.2 Å². The Kier molecular flexibility index (Phi) is 4.76. The molecule has 0 saturated heterocycles.